The maximum absolute atomic E-state index is 11.7. The molecule has 1 aromatic rings. The predicted molar refractivity (Wildman–Crippen MR) is 83.7 cm³/mol. The summed E-state index contributed by atoms with van der Waals surface area (Å²) in [6.45, 7) is 6.00. The van der Waals surface area contributed by atoms with Gasteiger partial charge in [0.15, 0.2) is 5.11 Å². The number of carbonyl (C=O) groups excluding carboxylic acids is 2. The number of rotatable bonds is 4. The molecule has 5 nitrogen and oxygen atoms in total. The maximum Gasteiger partial charge on any atom is 0.251 e. The molecule has 0 fully saturated rings. The van der Waals surface area contributed by atoms with Gasteiger partial charge in [0, 0.05) is 23.7 Å². The Morgan fingerprint density at radius 2 is 2.00 bits per heavy atom. The minimum absolute atomic E-state index is 0.142. The molecule has 0 aromatic heterocycles. The summed E-state index contributed by atoms with van der Waals surface area (Å²) in [5.41, 5.74) is 1.19. The summed E-state index contributed by atoms with van der Waals surface area (Å²) in [7, 11) is 0. The monoisotopic (exact) mass is 293 g/mol. The van der Waals surface area contributed by atoms with Gasteiger partial charge in [-0.2, -0.15) is 0 Å². The predicted octanol–water partition coefficient (Wildman–Crippen LogP) is 1.91. The second kappa shape index (κ2) is 7.59. The molecule has 0 saturated carbocycles. The number of benzene rings is 1. The van der Waals surface area contributed by atoms with Crippen LogP contribution in [0.5, 0.6) is 0 Å². The molecule has 2 amide bonds. The second-order valence-corrected chi connectivity index (χ2v) is 4.95. The van der Waals surface area contributed by atoms with Crippen LogP contribution >= 0.6 is 12.2 Å². The lowest BCUT2D eigenvalue weighted by molar-refractivity contribution is -0.122. The SMILES string of the molecule is CCNC(=O)c1cccc(NC(=S)NC(=O)C(C)C)c1. The summed E-state index contributed by atoms with van der Waals surface area (Å²) in [6, 6.07) is 6.92. The Kier molecular flexibility index (Phi) is 6.11. The Morgan fingerprint density at radius 3 is 2.60 bits per heavy atom. The normalized spacial score (nSPS) is 10.0. The van der Waals surface area contributed by atoms with E-state index in [1.54, 1.807) is 38.1 Å². The molecule has 1 aromatic carbocycles. The van der Waals surface area contributed by atoms with Crippen molar-refractivity contribution in [1.29, 1.82) is 0 Å². The fourth-order valence-corrected chi connectivity index (χ4v) is 1.64. The molecule has 0 aliphatic carbocycles. The number of amides is 2. The Hall–Kier alpha value is -1.95. The molecule has 0 unspecified atom stereocenters. The van der Waals surface area contributed by atoms with E-state index in [4.69, 9.17) is 12.2 Å². The molecule has 0 saturated heterocycles. The summed E-state index contributed by atoms with van der Waals surface area (Å²) < 4.78 is 0. The summed E-state index contributed by atoms with van der Waals surface area (Å²) in [4.78, 5) is 23.2. The zero-order chi connectivity index (χ0) is 15.1. The molecular formula is C14H19N3O2S. The maximum atomic E-state index is 11.7. The van der Waals surface area contributed by atoms with Crippen molar-refractivity contribution in [3.63, 3.8) is 0 Å². The van der Waals surface area contributed by atoms with Gasteiger partial charge in [0.25, 0.3) is 5.91 Å². The number of carbonyl (C=O) groups is 2. The van der Waals surface area contributed by atoms with Crippen molar-refractivity contribution in [2.75, 3.05) is 11.9 Å². The van der Waals surface area contributed by atoms with Gasteiger partial charge >= 0.3 is 0 Å². The Balaban J connectivity index is 2.69. The van der Waals surface area contributed by atoms with E-state index < -0.39 is 0 Å². The molecule has 3 N–H and O–H groups in total. The first-order chi connectivity index (χ1) is 9.43. The van der Waals surface area contributed by atoms with Crippen molar-refractivity contribution < 1.29 is 9.59 Å². The van der Waals surface area contributed by atoms with Crippen LogP contribution in [-0.4, -0.2) is 23.5 Å². The van der Waals surface area contributed by atoms with Crippen molar-refractivity contribution in [3.8, 4) is 0 Å². The minimum atomic E-state index is -0.151. The summed E-state index contributed by atoms with van der Waals surface area (Å²) in [5, 5.41) is 8.41. The smallest absolute Gasteiger partial charge is 0.251 e. The highest BCUT2D eigenvalue weighted by Gasteiger charge is 2.09. The van der Waals surface area contributed by atoms with Crippen LogP contribution < -0.4 is 16.0 Å². The molecule has 0 aliphatic rings. The molecule has 0 radical (unpaired) electrons. The van der Waals surface area contributed by atoms with Crippen LogP contribution in [-0.2, 0) is 4.79 Å². The molecule has 6 heteroatoms. The van der Waals surface area contributed by atoms with Gasteiger partial charge in [0.1, 0.15) is 0 Å². The molecule has 20 heavy (non-hydrogen) atoms. The van der Waals surface area contributed by atoms with E-state index in [9.17, 15) is 9.59 Å². The zero-order valence-corrected chi connectivity index (χ0v) is 12.6. The van der Waals surface area contributed by atoms with Gasteiger partial charge in [-0.3, -0.25) is 9.59 Å². The molecule has 1 rings (SSSR count). The first-order valence-electron chi connectivity index (χ1n) is 6.44. The molecule has 108 valence electrons. The summed E-state index contributed by atoms with van der Waals surface area (Å²) in [5.74, 6) is -0.438. The van der Waals surface area contributed by atoms with Crippen LogP contribution in [0.4, 0.5) is 5.69 Å². The Labute approximate surface area is 124 Å². The van der Waals surface area contributed by atoms with E-state index in [2.05, 4.69) is 16.0 Å². The Bertz CT molecular complexity index is 515. The molecule has 0 spiro atoms. The molecular weight excluding hydrogens is 274 g/mol. The van der Waals surface area contributed by atoms with Crippen LogP contribution in [0.15, 0.2) is 24.3 Å². The highest BCUT2D eigenvalue weighted by Crippen LogP contribution is 2.10. The molecule has 0 atom stereocenters. The minimum Gasteiger partial charge on any atom is -0.352 e. The summed E-state index contributed by atoms with van der Waals surface area (Å²) >= 11 is 5.05. The van der Waals surface area contributed by atoms with Crippen LogP contribution in [0.1, 0.15) is 31.1 Å². The highest BCUT2D eigenvalue weighted by atomic mass is 32.1. The van der Waals surface area contributed by atoms with E-state index in [0.717, 1.165) is 0 Å². The highest BCUT2D eigenvalue weighted by molar-refractivity contribution is 7.80. The van der Waals surface area contributed by atoms with Crippen molar-refractivity contribution in [3.05, 3.63) is 29.8 Å². The van der Waals surface area contributed by atoms with E-state index >= 15 is 0 Å². The average molecular weight is 293 g/mol. The fraction of sp³-hybridized carbons (Fsp3) is 0.357. The standard InChI is InChI=1S/C14H19N3O2S/c1-4-15-13(19)10-6-5-7-11(8-10)16-14(20)17-12(18)9(2)3/h5-9H,4H2,1-3H3,(H,15,19)(H2,16,17,18,20). The lowest BCUT2D eigenvalue weighted by atomic mass is 10.2. The van der Waals surface area contributed by atoms with Gasteiger partial charge in [0.05, 0.1) is 0 Å². The van der Waals surface area contributed by atoms with E-state index in [0.29, 0.717) is 17.8 Å². The lowest BCUT2D eigenvalue weighted by Gasteiger charge is -2.12. The average Bonchev–Trinajstić information content (AvgIpc) is 2.39. The van der Waals surface area contributed by atoms with Gasteiger partial charge in [-0.25, -0.2) is 0 Å². The third kappa shape index (κ3) is 4.97. The number of nitrogens with one attached hydrogen (secondary N) is 3. The van der Waals surface area contributed by atoms with Gasteiger partial charge in [0.2, 0.25) is 5.91 Å². The lowest BCUT2D eigenvalue weighted by Crippen LogP contribution is -2.36. The largest absolute Gasteiger partial charge is 0.352 e. The van der Waals surface area contributed by atoms with Crippen LogP contribution in [0.25, 0.3) is 0 Å². The van der Waals surface area contributed by atoms with Crippen LogP contribution in [0, 0.1) is 5.92 Å². The van der Waals surface area contributed by atoms with Crippen LogP contribution in [0.3, 0.4) is 0 Å². The molecule has 0 aliphatic heterocycles. The van der Waals surface area contributed by atoms with E-state index in [1.807, 2.05) is 6.92 Å². The number of hydrogen-bond donors (Lipinski definition) is 3. The third-order valence-electron chi connectivity index (χ3n) is 2.48. The van der Waals surface area contributed by atoms with Crippen molar-refractivity contribution >= 4 is 34.8 Å². The van der Waals surface area contributed by atoms with E-state index in [1.165, 1.54) is 0 Å². The van der Waals surface area contributed by atoms with Gasteiger partial charge in [-0.05, 0) is 37.3 Å². The quantitative estimate of drug-likeness (QED) is 0.742. The molecule has 0 heterocycles. The Morgan fingerprint density at radius 1 is 1.30 bits per heavy atom. The first-order valence-corrected chi connectivity index (χ1v) is 6.85. The first kappa shape index (κ1) is 16.1. The third-order valence-corrected chi connectivity index (χ3v) is 2.69. The second-order valence-electron chi connectivity index (χ2n) is 4.54. The van der Waals surface area contributed by atoms with Crippen LogP contribution in [0.2, 0.25) is 0 Å². The number of hydrogen-bond acceptors (Lipinski definition) is 3. The fourth-order valence-electron chi connectivity index (χ4n) is 1.42. The van der Waals surface area contributed by atoms with Crippen molar-refractivity contribution in [1.82, 2.24) is 10.6 Å². The van der Waals surface area contributed by atoms with E-state index in [-0.39, 0.29) is 22.8 Å². The van der Waals surface area contributed by atoms with Crippen molar-refractivity contribution in [2.24, 2.45) is 5.92 Å². The van der Waals surface area contributed by atoms with Crippen molar-refractivity contribution in [2.45, 2.75) is 20.8 Å². The number of thiocarbonyl (C=S) groups is 1. The molecule has 0 bridgehead atoms. The van der Waals surface area contributed by atoms with Gasteiger partial charge in [-0.1, -0.05) is 19.9 Å². The number of anilines is 1. The topological polar surface area (TPSA) is 70.2 Å². The van der Waals surface area contributed by atoms with Gasteiger partial charge in [-0.15, -0.1) is 0 Å². The summed E-state index contributed by atoms with van der Waals surface area (Å²) in [6.07, 6.45) is 0. The van der Waals surface area contributed by atoms with Gasteiger partial charge < -0.3 is 16.0 Å². The zero-order valence-electron chi connectivity index (χ0n) is 11.8.